The number of nitrogens with two attached hydrogens (primary N) is 1. The van der Waals surface area contributed by atoms with Crippen molar-refractivity contribution in [3.05, 3.63) is 29.8 Å². The number of nitrogen functional groups attached to an aromatic ring is 1. The van der Waals surface area contributed by atoms with E-state index in [0.717, 1.165) is 44.6 Å². The van der Waals surface area contributed by atoms with E-state index in [1.165, 1.54) is 5.56 Å². The van der Waals surface area contributed by atoms with Gasteiger partial charge in [-0.2, -0.15) is 0 Å². The number of rotatable bonds is 3. The molecule has 1 aliphatic heterocycles. The lowest BCUT2D eigenvalue weighted by atomic mass is 10.1. The Morgan fingerprint density at radius 1 is 1.25 bits per heavy atom. The van der Waals surface area contributed by atoms with Crippen molar-refractivity contribution in [1.29, 1.82) is 0 Å². The number of aliphatic hydroxyl groups is 1. The highest BCUT2D eigenvalue weighted by Gasteiger charge is 2.16. The number of hydrogen-bond acceptors (Lipinski definition) is 3. The molecule has 16 heavy (non-hydrogen) atoms. The van der Waals surface area contributed by atoms with Crippen molar-refractivity contribution in [2.24, 2.45) is 0 Å². The average molecular weight is 220 g/mol. The highest BCUT2D eigenvalue weighted by Crippen LogP contribution is 2.14. The second-order valence-corrected chi connectivity index (χ2v) is 4.52. The molecule has 0 atom stereocenters. The summed E-state index contributed by atoms with van der Waals surface area (Å²) in [7, 11) is 0. The van der Waals surface area contributed by atoms with Crippen molar-refractivity contribution >= 4 is 5.69 Å². The third-order valence-corrected chi connectivity index (χ3v) is 3.31. The van der Waals surface area contributed by atoms with Gasteiger partial charge in [-0.15, -0.1) is 0 Å². The maximum absolute atomic E-state index is 9.41. The number of benzene rings is 1. The SMILES string of the molecule is Nc1ccccc1CCN1CCC(O)CC1. The van der Waals surface area contributed by atoms with Crippen LogP contribution < -0.4 is 5.73 Å². The molecule has 0 amide bonds. The summed E-state index contributed by atoms with van der Waals surface area (Å²) < 4.78 is 0. The van der Waals surface area contributed by atoms with E-state index in [1.54, 1.807) is 0 Å². The van der Waals surface area contributed by atoms with Crippen LogP contribution in [-0.4, -0.2) is 35.7 Å². The lowest BCUT2D eigenvalue weighted by molar-refractivity contribution is 0.0832. The molecule has 0 unspecified atom stereocenters. The van der Waals surface area contributed by atoms with Crippen LogP contribution in [0.25, 0.3) is 0 Å². The summed E-state index contributed by atoms with van der Waals surface area (Å²) in [6.45, 7) is 3.06. The van der Waals surface area contributed by atoms with Crippen molar-refractivity contribution < 1.29 is 5.11 Å². The summed E-state index contributed by atoms with van der Waals surface area (Å²) in [5.41, 5.74) is 8.02. The van der Waals surface area contributed by atoms with E-state index in [-0.39, 0.29) is 6.10 Å². The van der Waals surface area contributed by atoms with Gasteiger partial charge in [-0.1, -0.05) is 18.2 Å². The van der Waals surface area contributed by atoms with Crippen LogP contribution in [0.3, 0.4) is 0 Å². The van der Waals surface area contributed by atoms with Crippen LogP contribution in [0.2, 0.25) is 0 Å². The molecule has 1 heterocycles. The van der Waals surface area contributed by atoms with Crippen molar-refractivity contribution in [1.82, 2.24) is 4.90 Å². The molecule has 0 aliphatic carbocycles. The number of para-hydroxylation sites is 1. The van der Waals surface area contributed by atoms with Crippen LogP contribution in [0.4, 0.5) is 5.69 Å². The van der Waals surface area contributed by atoms with Gasteiger partial charge in [-0.25, -0.2) is 0 Å². The molecular weight excluding hydrogens is 200 g/mol. The van der Waals surface area contributed by atoms with E-state index >= 15 is 0 Å². The van der Waals surface area contributed by atoms with Gasteiger partial charge in [-0.05, 0) is 30.9 Å². The topological polar surface area (TPSA) is 49.5 Å². The molecule has 2 rings (SSSR count). The molecule has 3 heteroatoms. The van der Waals surface area contributed by atoms with E-state index in [2.05, 4.69) is 11.0 Å². The molecule has 1 aromatic carbocycles. The monoisotopic (exact) mass is 220 g/mol. The van der Waals surface area contributed by atoms with E-state index in [4.69, 9.17) is 5.73 Å². The third kappa shape index (κ3) is 2.97. The lowest BCUT2D eigenvalue weighted by Gasteiger charge is -2.29. The number of piperidine rings is 1. The van der Waals surface area contributed by atoms with Crippen molar-refractivity contribution in [2.75, 3.05) is 25.4 Å². The summed E-state index contributed by atoms with van der Waals surface area (Å²) in [6, 6.07) is 8.05. The lowest BCUT2D eigenvalue weighted by Crippen LogP contribution is -2.37. The van der Waals surface area contributed by atoms with Gasteiger partial charge < -0.3 is 15.7 Å². The van der Waals surface area contributed by atoms with Crippen molar-refractivity contribution in [3.8, 4) is 0 Å². The van der Waals surface area contributed by atoms with Gasteiger partial charge in [0.25, 0.3) is 0 Å². The molecule has 0 spiro atoms. The molecule has 0 bridgehead atoms. The molecule has 1 aromatic rings. The number of aliphatic hydroxyl groups excluding tert-OH is 1. The number of hydrogen-bond donors (Lipinski definition) is 2. The summed E-state index contributed by atoms with van der Waals surface area (Å²) in [6.07, 6.45) is 2.73. The van der Waals surface area contributed by atoms with Gasteiger partial charge in [-0.3, -0.25) is 0 Å². The predicted molar refractivity (Wildman–Crippen MR) is 66.2 cm³/mol. The quantitative estimate of drug-likeness (QED) is 0.754. The van der Waals surface area contributed by atoms with Gasteiger partial charge in [0, 0.05) is 25.3 Å². The maximum Gasteiger partial charge on any atom is 0.0564 e. The summed E-state index contributed by atoms with van der Waals surface area (Å²) in [5.74, 6) is 0. The molecule has 3 N–H and O–H groups in total. The standard InChI is InChI=1S/C13H20N2O/c14-13-4-2-1-3-11(13)5-8-15-9-6-12(16)7-10-15/h1-4,12,16H,5-10,14H2. The first-order valence-electron chi connectivity index (χ1n) is 5.99. The zero-order chi connectivity index (χ0) is 11.4. The van der Waals surface area contributed by atoms with E-state index < -0.39 is 0 Å². The van der Waals surface area contributed by atoms with Gasteiger partial charge in [0.05, 0.1) is 6.10 Å². The highest BCUT2D eigenvalue weighted by atomic mass is 16.3. The third-order valence-electron chi connectivity index (χ3n) is 3.31. The van der Waals surface area contributed by atoms with Crippen molar-refractivity contribution in [2.45, 2.75) is 25.4 Å². The number of likely N-dealkylation sites (tertiary alicyclic amines) is 1. The minimum Gasteiger partial charge on any atom is -0.399 e. The fourth-order valence-electron chi connectivity index (χ4n) is 2.18. The Morgan fingerprint density at radius 3 is 2.62 bits per heavy atom. The Hall–Kier alpha value is -1.06. The minimum absolute atomic E-state index is 0.0851. The Bertz CT molecular complexity index is 332. The summed E-state index contributed by atoms with van der Waals surface area (Å²) in [5, 5.41) is 9.41. The molecule has 1 fully saturated rings. The molecule has 3 nitrogen and oxygen atoms in total. The first kappa shape index (κ1) is 11.4. The molecule has 1 saturated heterocycles. The van der Waals surface area contributed by atoms with E-state index in [1.807, 2.05) is 18.2 Å². The Balaban J connectivity index is 1.81. The van der Waals surface area contributed by atoms with Crippen LogP contribution in [0.1, 0.15) is 18.4 Å². The second-order valence-electron chi connectivity index (χ2n) is 4.52. The van der Waals surface area contributed by atoms with Crippen LogP contribution in [0.5, 0.6) is 0 Å². The smallest absolute Gasteiger partial charge is 0.0564 e. The van der Waals surface area contributed by atoms with Gasteiger partial charge >= 0.3 is 0 Å². The van der Waals surface area contributed by atoms with Crippen LogP contribution in [-0.2, 0) is 6.42 Å². The van der Waals surface area contributed by atoms with Crippen LogP contribution in [0, 0.1) is 0 Å². The van der Waals surface area contributed by atoms with Crippen LogP contribution >= 0.6 is 0 Å². The van der Waals surface area contributed by atoms with Gasteiger partial charge in [0.1, 0.15) is 0 Å². The first-order valence-corrected chi connectivity index (χ1v) is 5.99. The van der Waals surface area contributed by atoms with Gasteiger partial charge in [0.2, 0.25) is 0 Å². The van der Waals surface area contributed by atoms with E-state index in [0.29, 0.717) is 0 Å². The Morgan fingerprint density at radius 2 is 1.94 bits per heavy atom. The summed E-state index contributed by atoms with van der Waals surface area (Å²) in [4.78, 5) is 2.40. The number of nitrogens with zero attached hydrogens (tertiary/aromatic N) is 1. The molecule has 0 radical (unpaired) electrons. The first-order chi connectivity index (χ1) is 7.75. The molecule has 0 aromatic heterocycles. The Labute approximate surface area is 96.9 Å². The van der Waals surface area contributed by atoms with Gasteiger partial charge in [0.15, 0.2) is 0 Å². The maximum atomic E-state index is 9.41. The largest absolute Gasteiger partial charge is 0.399 e. The molecule has 0 saturated carbocycles. The number of anilines is 1. The summed E-state index contributed by atoms with van der Waals surface area (Å²) >= 11 is 0. The second kappa shape index (κ2) is 5.32. The van der Waals surface area contributed by atoms with E-state index in [9.17, 15) is 5.11 Å². The fraction of sp³-hybridized carbons (Fsp3) is 0.538. The molecule has 88 valence electrons. The minimum atomic E-state index is -0.0851. The Kier molecular flexibility index (Phi) is 3.80. The average Bonchev–Trinajstić information content (AvgIpc) is 2.30. The van der Waals surface area contributed by atoms with Crippen LogP contribution in [0.15, 0.2) is 24.3 Å². The molecular formula is C13H20N2O. The normalized spacial score (nSPS) is 18.8. The fourth-order valence-corrected chi connectivity index (χ4v) is 2.18. The molecule has 1 aliphatic rings. The highest BCUT2D eigenvalue weighted by molar-refractivity contribution is 5.46. The van der Waals surface area contributed by atoms with Crippen molar-refractivity contribution in [3.63, 3.8) is 0 Å². The zero-order valence-corrected chi connectivity index (χ0v) is 9.60. The zero-order valence-electron chi connectivity index (χ0n) is 9.60. The predicted octanol–water partition coefficient (Wildman–Crippen LogP) is 1.27.